The van der Waals surface area contributed by atoms with Crippen molar-refractivity contribution < 1.29 is 17.5 Å². The van der Waals surface area contributed by atoms with Crippen molar-refractivity contribution in [3.8, 4) is 5.75 Å². The second kappa shape index (κ2) is 10.6. The summed E-state index contributed by atoms with van der Waals surface area (Å²) in [4.78, 5) is -0.0334. The fraction of sp³-hybridized carbons (Fsp3) is 0.115. The van der Waals surface area contributed by atoms with E-state index in [4.69, 9.17) is 33.3 Å². The summed E-state index contributed by atoms with van der Waals surface area (Å²) in [7, 11) is -4.31. The molecular weight excluding hydrogens is 510 g/mol. The van der Waals surface area contributed by atoms with E-state index < -0.39 is 20.7 Å². The lowest BCUT2D eigenvalue weighted by Crippen LogP contribution is -2.19. The summed E-state index contributed by atoms with van der Waals surface area (Å²) in [6, 6.07) is 21.1. The van der Waals surface area contributed by atoms with Crippen LogP contribution in [0.25, 0.3) is 10.8 Å². The average molecular weight is 531 g/mol. The molecule has 35 heavy (non-hydrogen) atoms. The third kappa shape index (κ3) is 5.42. The molecule has 0 radical (unpaired) electrons. The van der Waals surface area contributed by atoms with Crippen LogP contribution in [-0.2, 0) is 16.4 Å². The van der Waals surface area contributed by atoms with Crippen molar-refractivity contribution in [2.75, 3.05) is 17.8 Å². The summed E-state index contributed by atoms with van der Waals surface area (Å²) < 4.78 is 47.4. The average Bonchev–Trinajstić information content (AvgIpc) is 2.85. The molecule has 0 aliphatic rings. The molecule has 0 fully saturated rings. The molecule has 5 nitrogen and oxygen atoms in total. The van der Waals surface area contributed by atoms with Crippen LogP contribution in [-0.4, -0.2) is 25.9 Å². The Balaban J connectivity index is 1.81. The number of rotatable bonds is 8. The van der Waals surface area contributed by atoms with Crippen molar-refractivity contribution in [1.29, 1.82) is 5.41 Å². The first-order chi connectivity index (χ1) is 16.8. The molecule has 9 heteroatoms. The SMILES string of the molecule is N=C(c1cc(F)cc(OCCCl)c1NCc1cccc(Cl)c1)S(=O)(=O)c1cccc2ccccc12. The third-order valence-corrected chi connectivity index (χ3v) is 7.39. The standard InChI is InChI=1S/C26H21Cl2FN2O3S/c27-11-12-34-23-15-20(29)14-22(25(23)31-16-17-5-3-8-19(28)13-17)26(30)35(32,33)24-10-4-7-18-6-1-2-9-21(18)24/h1-10,13-15,30-31H,11-12,16H2. The van der Waals surface area contributed by atoms with E-state index >= 15 is 0 Å². The van der Waals surface area contributed by atoms with Crippen LogP contribution in [0.5, 0.6) is 5.75 Å². The third-order valence-electron chi connectivity index (χ3n) is 5.31. The summed E-state index contributed by atoms with van der Waals surface area (Å²) in [5, 5.41) is 12.8. The molecule has 0 saturated heterocycles. The van der Waals surface area contributed by atoms with Crippen molar-refractivity contribution in [2.24, 2.45) is 0 Å². The Morgan fingerprint density at radius 3 is 2.51 bits per heavy atom. The lowest BCUT2D eigenvalue weighted by atomic mass is 10.1. The van der Waals surface area contributed by atoms with Gasteiger partial charge in [0, 0.05) is 28.6 Å². The van der Waals surface area contributed by atoms with Gasteiger partial charge >= 0.3 is 0 Å². The van der Waals surface area contributed by atoms with Crippen LogP contribution in [0.15, 0.2) is 83.8 Å². The highest BCUT2D eigenvalue weighted by Gasteiger charge is 2.28. The van der Waals surface area contributed by atoms with Crippen molar-refractivity contribution in [3.05, 3.63) is 101 Å². The van der Waals surface area contributed by atoms with Crippen molar-refractivity contribution >= 4 is 54.5 Å². The predicted octanol–water partition coefficient (Wildman–Crippen LogP) is 6.66. The molecule has 0 atom stereocenters. The Hall–Kier alpha value is -3.13. The van der Waals surface area contributed by atoms with Crippen LogP contribution in [0.2, 0.25) is 5.02 Å². The molecule has 4 aromatic carbocycles. The zero-order chi connectivity index (χ0) is 25.0. The van der Waals surface area contributed by atoms with Crippen LogP contribution in [0, 0.1) is 11.2 Å². The van der Waals surface area contributed by atoms with Crippen molar-refractivity contribution in [2.45, 2.75) is 11.4 Å². The Labute approximate surface area is 212 Å². The van der Waals surface area contributed by atoms with Gasteiger partial charge in [-0.3, -0.25) is 5.41 Å². The van der Waals surface area contributed by atoms with Gasteiger partial charge < -0.3 is 10.1 Å². The largest absolute Gasteiger partial charge is 0.490 e. The number of hydrogen-bond donors (Lipinski definition) is 2. The van der Waals surface area contributed by atoms with E-state index in [0.717, 1.165) is 17.7 Å². The number of fused-ring (bicyclic) bond motifs is 1. The minimum Gasteiger partial charge on any atom is -0.490 e. The van der Waals surface area contributed by atoms with Crippen LogP contribution in [0.3, 0.4) is 0 Å². The molecular formula is C26H21Cl2FN2O3S. The monoisotopic (exact) mass is 530 g/mol. The highest BCUT2D eigenvalue weighted by Crippen LogP contribution is 2.34. The Morgan fingerprint density at radius 2 is 1.74 bits per heavy atom. The van der Waals surface area contributed by atoms with E-state index in [1.54, 1.807) is 54.6 Å². The number of alkyl halides is 1. The van der Waals surface area contributed by atoms with Gasteiger partial charge in [-0.15, -0.1) is 11.6 Å². The molecule has 4 aromatic rings. The lowest BCUT2D eigenvalue weighted by molar-refractivity contribution is 0.342. The van der Waals surface area contributed by atoms with Gasteiger partial charge in [0.2, 0.25) is 9.84 Å². The second-order valence-electron chi connectivity index (χ2n) is 7.66. The van der Waals surface area contributed by atoms with E-state index in [2.05, 4.69) is 5.32 Å². The highest BCUT2D eigenvalue weighted by atomic mass is 35.5. The van der Waals surface area contributed by atoms with E-state index in [0.29, 0.717) is 15.8 Å². The summed E-state index contributed by atoms with van der Waals surface area (Å²) in [6.07, 6.45) is 0. The van der Waals surface area contributed by atoms with E-state index in [1.807, 2.05) is 6.07 Å². The van der Waals surface area contributed by atoms with Crippen LogP contribution in [0.1, 0.15) is 11.1 Å². The number of ether oxygens (including phenoxy) is 1. The van der Waals surface area contributed by atoms with Crippen LogP contribution in [0.4, 0.5) is 10.1 Å². The number of nitrogens with one attached hydrogen (secondary N) is 2. The summed E-state index contributed by atoms with van der Waals surface area (Å²) in [5.74, 6) is -0.540. The minimum atomic E-state index is -4.31. The lowest BCUT2D eigenvalue weighted by Gasteiger charge is -2.18. The van der Waals surface area contributed by atoms with Gasteiger partial charge in [-0.2, -0.15) is 0 Å². The number of hydrogen-bond acceptors (Lipinski definition) is 5. The first-order valence-electron chi connectivity index (χ1n) is 10.6. The van der Waals surface area contributed by atoms with E-state index in [1.165, 1.54) is 6.07 Å². The summed E-state index contributed by atoms with van der Waals surface area (Å²) >= 11 is 11.8. The molecule has 0 heterocycles. The van der Waals surface area contributed by atoms with Gasteiger partial charge in [0.15, 0.2) is 5.04 Å². The number of sulfone groups is 1. The molecule has 180 valence electrons. The molecule has 0 bridgehead atoms. The smallest absolute Gasteiger partial charge is 0.224 e. The second-order valence-corrected chi connectivity index (χ2v) is 10.3. The summed E-state index contributed by atoms with van der Waals surface area (Å²) in [6.45, 7) is 0.303. The quantitative estimate of drug-likeness (QED) is 0.151. The van der Waals surface area contributed by atoms with E-state index in [9.17, 15) is 12.8 Å². The number of anilines is 1. The van der Waals surface area contributed by atoms with Crippen molar-refractivity contribution in [1.82, 2.24) is 0 Å². The normalized spacial score (nSPS) is 11.4. The maximum absolute atomic E-state index is 14.6. The Kier molecular flexibility index (Phi) is 7.60. The zero-order valence-electron chi connectivity index (χ0n) is 18.4. The van der Waals surface area contributed by atoms with E-state index in [-0.39, 0.29) is 40.9 Å². The van der Waals surface area contributed by atoms with Gasteiger partial charge in [-0.25, -0.2) is 12.8 Å². The Morgan fingerprint density at radius 1 is 1.00 bits per heavy atom. The molecule has 0 aliphatic carbocycles. The number of halogens is 3. The molecule has 0 unspecified atom stereocenters. The molecule has 0 aliphatic heterocycles. The minimum absolute atomic E-state index is 0.0334. The predicted molar refractivity (Wildman–Crippen MR) is 139 cm³/mol. The Bertz CT molecular complexity index is 1500. The molecule has 0 aromatic heterocycles. The first-order valence-corrected chi connectivity index (χ1v) is 13.0. The maximum atomic E-state index is 14.6. The number of benzene rings is 4. The zero-order valence-corrected chi connectivity index (χ0v) is 20.7. The molecule has 0 spiro atoms. The van der Waals surface area contributed by atoms with Gasteiger partial charge in [0.05, 0.1) is 16.5 Å². The topological polar surface area (TPSA) is 79.2 Å². The molecule has 4 rings (SSSR count). The van der Waals surface area contributed by atoms with Gasteiger partial charge in [0.25, 0.3) is 0 Å². The van der Waals surface area contributed by atoms with Crippen LogP contribution >= 0.6 is 23.2 Å². The molecule has 2 N–H and O–H groups in total. The van der Waals surface area contributed by atoms with Gasteiger partial charge in [-0.1, -0.05) is 60.1 Å². The fourth-order valence-corrected chi connectivity index (χ4v) is 5.42. The highest BCUT2D eigenvalue weighted by molar-refractivity contribution is 8.07. The summed E-state index contributed by atoms with van der Waals surface area (Å²) in [5.41, 5.74) is 0.828. The van der Waals surface area contributed by atoms with Crippen LogP contribution < -0.4 is 10.1 Å². The van der Waals surface area contributed by atoms with Gasteiger partial charge in [-0.05, 0) is 35.2 Å². The first kappa shape index (κ1) is 25.0. The van der Waals surface area contributed by atoms with Crippen molar-refractivity contribution in [3.63, 3.8) is 0 Å². The molecule has 0 amide bonds. The van der Waals surface area contributed by atoms with Gasteiger partial charge in [0.1, 0.15) is 18.2 Å². The molecule has 0 saturated carbocycles. The maximum Gasteiger partial charge on any atom is 0.224 e. The fourth-order valence-electron chi connectivity index (χ4n) is 3.73.